The van der Waals surface area contributed by atoms with Crippen molar-refractivity contribution in [1.82, 2.24) is 0 Å². The van der Waals surface area contributed by atoms with Crippen molar-refractivity contribution in [3.05, 3.63) is 76.7 Å². The first-order valence-corrected chi connectivity index (χ1v) is 10.2. The first kappa shape index (κ1) is 19.5. The highest BCUT2D eigenvalue weighted by Gasteiger charge is 2.41. The van der Waals surface area contributed by atoms with E-state index in [-0.39, 0.29) is 5.92 Å². The molecule has 0 fully saturated rings. The van der Waals surface area contributed by atoms with E-state index in [4.69, 9.17) is 4.74 Å². The minimum absolute atomic E-state index is 0.324. The first-order valence-electron chi connectivity index (χ1n) is 9.02. The van der Waals surface area contributed by atoms with Crippen LogP contribution < -0.4 is 0 Å². The van der Waals surface area contributed by atoms with Crippen molar-refractivity contribution in [2.24, 2.45) is 11.8 Å². The molecule has 0 bridgehead atoms. The van der Waals surface area contributed by atoms with Gasteiger partial charge in [0.1, 0.15) is 0 Å². The van der Waals surface area contributed by atoms with E-state index in [0.29, 0.717) is 21.8 Å². The molecule has 0 aromatic heterocycles. The topological polar surface area (TPSA) is 63.6 Å². The number of rotatable bonds is 6. The molecular formula is C22H24O4S. The van der Waals surface area contributed by atoms with Crippen molar-refractivity contribution >= 4 is 16.8 Å². The molecule has 4 nitrogen and oxygen atoms in total. The maximum absolute atomic E-state index is 13.2. The Morgan fingerprint density at radius 2 is 1.81 bits per heavy atom. The van der Waals surface area contributed by atoms with E-state index in [0.717, 1.165) is 12.0 Å². The van der Waals surface area contributed by atoms with Gasteiger partial charge in [-0.1, -0.05) is 54.1 Å². The van der Waals surface area contributed by atoms with Crippen LogP contribution in [-0.4, -0.2) is 22.4 Å². The van der Waals surface area contributed by atoms with Gasteiger partial charge in [-0.3, -0.25) is 4.79 Å². The smallest absolute Gasteiger partial charge is 0.312 e. The predicted molar refractivity (Wildman–Crippen MR) is 105 cm³/mol. The lowest BCUT2D eigenvalue weighted by Crippen LogP contribution is -2.31. The summed E-state index contributed by atoms with van der Waals surface area (Å²) < 4.78 is 18.1. The van der Waals surface area contributed by atoms with E-state index >= 15 is 0 Å². The molecule has 3 rings (SSSR count). The number of aliphatic hydroxyl groups is 1. The monoisotopic (exact) mass is 384 g/mol. The molecule has 142 valence electrons. The Morgan fingerprint density at radius 1 is 1.15 bits per heavy atom. The molecule has 0 amide bonds. The average molecular weight is 384 g/mol. The SMILES string of the molecule is COC(=O)[C@H]([C@H](O)c1ccccc1)[C@H]1CCC=C1[S@](=O)c1ccc(C)cc1. The molecule has 2 aromatic carbocycles. The number of hydrogen-bond donors (Lipinski definition) is 1. The summed E-state index contributed by atoms with van der Waals surface area (Å²) in [6.45, 7) is 1.98. The third kappa shape index (κ3) is 4.20. The van der Waals surface area contributed by atoms with E-state index in [2.05, 4.69) is 0 Å². The highest BCUT2D eigenvalue weighted by atomic mass is 32.2. The molecule has 0 aliphatic heterocycles. The van der Waals surface area contributed by atoms with Gasteiger partial charge in [0.15, 0.2) is 0 Å². The van der Waals surface area contributed by atoms with Gasteiger partial charge < -0.3 is 9.84 Å². The van der Waals surface area contributed by atoms with Gasteiger partial charge in [-0.25, -0.2) is 4.21 Å². The Balaban J connectivity index is 1.92. The summed E-state index contributed by atoms with van der Waals surface area (Å²) in [6.07, 6.45) is 2.32. The van der Waals surface area contributed by atoms with Crippen LogP contribution in [0.15, 0.2) is 70.5 Å². The maximum Gasteiger partial charge on any atom is 0.312 e. The van der Waals surface area contributed by atoms with Gasteiger partial charge in [0.25, 0.3) is 0 Å². The van der Waals surface area contributed by atoms with Gasteiger partial charge in [-0.05, 0) is 37.5 Å². The molecule has 1 aliphatic carbocycles. The van der Waals surface area contributed by atoms with Crippen LogP contribution in [0.3, 0.4) is 0 Å². The van der Waals surface area contributed by atoms with E-state index in [1.54, 1.807) is 12.1 Å². The van der Waals surface area contributed by atoms with Crippen LogP contribution in [0.25, 0.3) is 0 Å². The molecular weight excluding hydrogens is 360 g/mol. The number of carbonyl (C=O) groups is 1. The molecule has 0 unspecified atom stereocenters. The molecule has 0 heterocycles. The van der Waals surface area contributed by atoms with Crippen molar-refractivity contribution in [2.75, 3.05) is 7.11 Å². The molecule has 27 heavy (non-hydrogen) atoms. The van der Waals surface area contributed by atoms with E-state index in [1.165, 1.54) is 7.11 Å². The molecule has 1 aliphatic rings. The van der Waals surface area contributed by atoms with E-state index < -0.39 is 28.8 Å². The second-order valence-electron chi connectivity index (χ2n) is 6.78. The molecule has 1 N–H and O–H groups in total. The normalized spacial score (nSPS) is 19.8. The Morgan fingerprint density at radius 3 is 2.44 bits per heavy atom. The van der Waals surface area contributed by atoms with Crippen molar-refractivity contribution < 1.29 is 18.8 Å². The number of esters is 1. The van der Waals surface area contributed by atoms with Crippen LogP contribution in [0.2, 0.25) is 0 Å². The summed E-state index contributed by atoms with van der Waals surface area (Å²) in [4.78, 5) is 14.0. The maximum atomic E-state index is 13.2. The molecule has 4 atom stereocenters. The third-order valence-electron chi connectivity index (χ3n) is 5.03. The molecule has 0 radical (unpaired) electrons. The number of carbonyl (C=O) groups excluding carboxylic acids is 1. The van der Waals surface area contributed by atoms with Crippen LogP contribution in [-0.2, 0) is 20.3 Å². The zero-order chi connectivity index (χ0) is 19.4. The van der Waals surface area contributed by atoms with Crippen molar-refractivity contribution in [2.45, 2.75) is 30.8 Å². The van der Waals surface area contributed by atoms with Gasteiger partial charge in [0, 0.05) is 15.7 Å². The quantitative estimate of drug-likeness (QED) is 0.767. The number of ether oxygens (including phenoxy) is 1. The van der Waals surface area contributed by atoms with Crippen molar-refractivity contribution in [3.8, 4) is 0 Å². The molecule has 0 spiro atoms. The summed E-state index contributed by atoms with van der Waals surface area (Å²) in [5, 5.41) is 10.9. The summed E-state index contributed by atoms with van der Waals surface area (Å²) in [6, 6.07) is 16.6. The standard InChI is InChI=1S/C22H24O4S/c1-15-11-13-17(14-12-15)27(25)19-10-6-9-18(19)20(22(24)26-2)21(23)16-7-4-3-5-8-16/h3-5,7-8,10-14,18,20-21,23H,6,9H2,1-2H3/t18-,20-,21+,27+/m0/s1. The Hall–Kier alpha value is -2.24. The second-order valence-corrected chi connectivity index (χ2v) is 8.26. The van der Waals surface area contributed by atoms with Gasteiger partial charge in [-0.2, -0.15) is 0 Å². The zero-order valence-electron chi connectivity index (χ0n) is 15.5. The number of allylic oxidation sites excluding steroid dienone is 2. The largest absolute Gasteiger partial charge is 0.469 e. The lowest BCUT2D eigenvalue weighted by Gasteiger charge is -2.28. The lowest BCUT2D eigenvalue weighted by molar-refractivity contribution is -0.151. The molecule has 5 heteroatoms. The van der Waals surface area contributed by atoms with Crippen LogP contribution in [0.5, 0.6) is 0 Å². The van der Waals surface area contributed by atoms with Gasteiger partial charge in [0.05, 0.1) is 29.9 Å². The van der Waals surface area contributed by atoms with Gasteiger partial charge in [0.2, 0.25) is 0 Å². The number of aryl methyl sites for hydroxylation is 1. The fourth-order valence-electron chi connectivity index (χ4n) is 3.57. The zero-order valence-corrected chi connectivity index (χ0v) is 16.3. The highest BCUT2D eigenvalue weighted by Crippen LogP contribution is 2.42. The fourth-order valence-corrected chi connectivity index (χ4v) is 5.04. The van der Waals surface area contributed by atoms with Gasteiger partial charge in [-0.15, -0.1) is 0 Å². The molecule has 0 saturated carbocycles. The van der Waals surface area contributed by atoms with Crippen molar-refractivity contribution in [3.63, 3.8) is 0 Å². The van der Waals surface area contributed by atoms with Gasteiger partial charge >= 0.3 is 5.97 Å². The Kier molecular flexibility index (Phi) is 6.24. The fraction of sp³-hybridized carbons (Fsp3) is 0.318. The Labute approximate surface area is 162 Å². The van der Waals surface area contributed by atoms with Crippen LogP contribution in [0.4, 0.5) is 0 Å². The summed E-state index contributed by atoms with van der Waals surface area (Å²) in [7, 11) is -0.0451. The van der Waals surface area contributed by atoms with Crippen LogP contribution >= 0.6 is 0 Å². The Bertz CT molecular complexity index is 842. The number of methoxy groups -OCH3 is 1. The van der Waals surface area contributed by atoms with Crippen LogP contribution in [0, 0.1) is 18.8 Å². The summed E-state index contributed by atoms with van der Waals surface area (Å²) in [5.74, 6) is -1.60. The number of benzene rings is 2. The van der Waals surface area contributed by atoms with Crippen LogP contribution in [0.1, 0.15) is 30.1 Å². The predicted octanol–water partition coefficient (Wildman–Crippen LogP) is 3.92. The second kappa shape index (κ2) is 8.63. The number of aliphatic hydroxyl groups excluding tert-OH is 1. The average Bonchev–Trinajstić information content (AvgIpc) is 3.17. The lowest BCUT2D eigenvalue weighted by atomic mass is 9.84. The molecule has 2 aromatic rings. The minimum Gasteiger partial charge on any atom is -0.469 e. The summed E-state index contributed by atoms with van der Waals surface area (Å²) >= 11 is 0. The first-order chi connectivity index (χ1) is 13.0. The highest BCUT2D eigenvalue weighted by molar-refractivity contribution is 7.89. The summed E-state index contributed by atoms with van der Waals surface area (Å²) in [5.41, 5.74) is 1.75. The molecule has 0 saturated heterocycles. The third-order valence-corrected chi connectivity index (χ3v) is 6.62. The van der Waals surface area contributed by atoms with Crippen molar-refractivity contribution in [1.29, 1.82) is 0 Å². The number of hydrogen-bond acceptors (Lipinski definition) is 4. The minimum atomic E-state index is -1.37. The van der Waals surface area contributed by atoms with E-state index in [1.807, 2.05) is 55.5 Å². The van der Waals surface area contributed by atoms with E-state index in [9.17, 15) is 14.1 Å².